The second kappa shape index (κ2) is 6.21. The van der Waals surface area contributed by atoms with Crippen molar-refractivity contribution in [2.45, 2.75) is 32.1 Å². The van der Waals surface area contributed by atoms with Crippen molar-refractivity contribution in [1.29, 1.82) is 0 Å². The molecule has 0 unspecified atom stereocenters. The average molecular weight is 183 g/mol. The maximum absolute atomic E-state index is 5.41. The number of nitrogens with two attached hydrogens (primary N) is 1. The van der Waals surface area contributed by atoms with Crippen LogP contribution in [0.4, 0.5) is 0 Å². The molecular weight excluding hydrogens is 166 g/mol. The molecule has 0 aliphatic rings. The van der Waals surface area contributed by atoms with E-state index in [0.29, 0.717) is 0 Å². The highest BCUT2D eigenvalue weighted by atomic mass is 32.1. The van der Waals surface area contributed by atoms with Crippen molar-refractivity contribution in [2.24, 2.45) is 5.73 Å². The quantitative estimate of drug-likeness (QED) is 0.674. The summed E-state index contributed by atoms with van der Waals surface area (Å²) in [5.41, 5.74) is 5.41. The Kier molecular flexibility index (Phi) is 5.04. The van der Waals surface area contributed by atoms with Gasteiger partial charge in [-0.15, -0.1) is 11.3 Å². The minimum absolute atomic E-state index is 0.846. The zero-order valence-electron chi connectivity index (χ0n) is 7.46. The Morgan fingerprint density at radius 2 is 2.00 bits per heavy atom. The molecule has 12 heavy (non-hydrogen) atoms. The van der Waals surface area contributed by atoms with E-state index in [2.05, 4.69) is 17.5 Å². The first-order chi connectivity index (χ1) is 5.93. The molecule has 0 radical (unpaired) electrons. The third-order valence-corrected chi connectivity index (χ3v) is 2.89. The molecular formula is C10H17NS. The van der Waals surface area contributed by atoms with Gasteiger partial charge in [-0.1, -0.05) is 18.9 Å². The molecule has 1 heterocycles. The predicted octanol–water partition coefficient (Wildman–Crippen LogP) is 2.81. The van der Waals surface area contributed by atoms with Gasteiger partial charge >= 0.3 is 0 Å². The van der Waals surface area contributed by atoms with Crippen LogP contribution in [0.25, 0.3) is 0 Å². The topological polar surface area (TPSA) is 26.0 Å². The largest absolute Gasteiger partial charge is 0.330 e. The van der Waals surface area contributed by atoms with Gasteiger partial charge in [0.15, 0.2) is 0 Å². The summed E-state index contributed by atoms with van der Waals surface area (Å²) in [5, 5.41) is 2.15. The SMILES string of the molecule is NCCCCCCc1cccs1. The van der Waals surface area contributed by atoms with Crippen molar-refractivity contribution in [1.82, 2.24) is 0 Å². The minimum atomic E-state index is 0.846. The third kappa shape index (κ3) is 3.88. The molecule has 2 N–H and O–H groups in total. The van der Waals surface area contributed by atoms with Crippen molar-refractivity contribution in [3.63, 3.8) is 0 Å². The molecule has 0 aliphatic carbocycles. The van der Waals surface area contributed by atoms with Crippen molar-refractivity contribution < 1.29 is 0 Å². The van der Waals surface area contributed by atoms with Gasteiger partial charge in [0.2, 0.25) is 0 Å². The second-order valence-electron chi connectivity index (χ2n) is 3.03. The minimum Gasteiger partial charge on any atom is -0.330 e. The first-order valence-electron chi connectivity index (χ1n) is 4.66. The Hall–Kier alpha value is -0.340. The summed E-state index contributed by atoms with van der Waals surface area (Å²) in [6.45, 7) is 0.846. The van der Waals surface area contributed by atoms with Crippen LogP contribution >= 0.6 is 11.3 Å². The van der Waals surface area contributed by atoms with Gasteiger partial charge in [-0.2, -0.15) is 0 Å². The summed E-state index contributed by atoms with van der Waals surface area (Å²) in [6, 6.07) is 4.34. The zero-order valence-corrected chi connectivity index (χ0v) is 8.28. The maximum atomic E-state index is 5.41. The lowest BCUT2D eigenvalue weighted by molar-refractivity contribution is 0.649. The fourth-order valence-corrected chi connectivity index (χ4v) is 2.00. The lowest BCUT2D eigenvalue weighted by Gasteiger charge is -1.97. The molecule has 0 atom stereocenters. The Morgan fingerprint density at radius 1 is 1.17 bits per heavy atom. The molecule has 1 rings (SSSR count). The van der Waals surface area contributed by atoms with E-state index in [4.69, 9.17) is 5.73 Å². The molecule has 0 bridgehead atoms. The molecule has 1 nitrogen and oxygen atoms in total. The molecule has 0 aromatic carbocycles. The van der Waals surface area contributed by atoms with Crippen LogP contribution in [0.5, 0.6) is 0 Å². The first-order valence-corrected chi connectivity index (χ1v) is 5.54. The molecule has 0 spiro atoms. The molecule has 0 aliphatic heterocycles. The summed E-state index contributed by atoms with van der Waals surface area (Å²) in [5.74, 6) is 0. The van der Waals surface area contributed by atoms with Crippen molar-refractivity contribution in [3.8, 4) is 0 Å². The second-order valence-corrected chi connectivity index (χ2v) is 4.06. The predicted molar refractivity (Wildman–Crippen MR) is 55.5 cm³/mol. The van der Waals surface area contributed by atoms with Gasteiger partial charge in [0.05, 0.1) is 0 Å². The molecule has 0 saturated carbocycles. The summed E-state index contributed by atoms with van der Waals surface area (Å²) in [7, 11) is 0. The number of unbranched alkanes of at least 4 members (excludes halogenated alkanes) is 3. The molecule has 2 heteroatoms. The number of thiophene rings is 1. The Balaban J connectivity index is 1.96. The van der Waals surface area contributed by atoms with Gasteiger partial charge in [0.25, 0.3) is 0 Å². The van der Waals surface area contributed by atoms with E-state index in [-0.39, 0.29) is 0 Å². The van der Waals surface area contributed by atoms with Crippen LogP contribution in [0.15, 0.2) is 17.5 Å². The molecule has 1 aromatic heterocycles. The van der Waals surface area contributed by atoms with Gasteiger partial charge in [-0.05, 0) is 37.3 Å². The summed E-state index contributed by atoms with van der Waals surface area (Å²) >= 11 is 1.86. The van der Waals surface area contributed by atoms with Crippen LogP contribution in [-0.2, 0) is 6.42 Å². The van der Waals surface area contributed by atoms with Crippen LogP contribution in [0, 0.1) is 0 Å². The zero-order chi connectivity index (χ0) is 8.65. The fourth-order valence-electron chi connectivity index (χ4n) is 1.25. The van der Waals surface area contributed by atoms with E-state index in [1.54, 1.807) is 0 Å². The van der Waals surface area contributed by atoms with Crippen LogP contribution < -0.4 is 5.73 Å². The molecule has 0 saturated heterocycles. The van der Waals surface area contributed by atoms with Crippen LogP contribution in [-0.4, -0.2) is 6.54 Å². The maximum Gasteiger partial charge on any atom is 0.00452 e. The van der Waals surface area contributed by atoms with E-state index in [0.717, 1.165) is 6.54 Å². The van der Waals surface area contributed by atoms with E-state index in [1.165, 1.54) is 37.0 Å². The Bertz CT molecular complexity index is 182. The molecule has 68 valence electrons. The fraction of sp³-hybridized carbons (Fsp3) is 0.600. The van der Waals surface area contributed by atoms with Gasteiger partial charge in [-0.25, -0.2) is 0 Å². The van der Waals surface area contributed by atoms with E-state index >= 15 is 0 Å². The van der Waals surface area contributed by atoms with Gasteiger partial charge < -0.3 is 5.73 Å². The summed E-state index contributed by atoms with van der Waals surface area (Å²) in [6.07, 6.45) is 6.38. The highest BCUT2D eigenvalue weighted by Gasteiger charge is 1.93. The highest BCUT2D eigenvalue weighted by Crippen LogP contribution is 2.12. The van der Waals surface area contributed by atoms with Gasteiger partial charge in [0.1, 0.15) is 0 Å². The van der Waals surface area contributed by atoms with Crippen molar-refractivity contribution >= 4 is 11.3 Å². The van der Waals surface area contributed by atoms with Crippen LogP contribution in [0.2, 0.25) is 0 Å². The first kappa shape index (κ1) is 9.75. The lowest BCUT2D eigenvalue weighted by atomic mass is 10.1. The number of hydrogen-bond acceptors (Lipinski definition) is 2. The van der Waals surface area contributed by atoms with Crippen molar-refractivity contribution in [2.75, 3.05) is 6.54 Å². The smallest absolute Gasteiger partial charge is 0.00452 e. The van der Waals surface area contributed by atoms with E-state index in [1.807, 2.05) is 11.3 Å². The van der Waals surface area contributed by atoms with E-state index < -0.39 is 0 Å². The summed E-state index contributed by atoms with van der Waals surface area (Å²) in [4.78, 5) is 1.52. The lowest BCUT2D eigenvalue weighted by Crippen LogP contribution is -1.97. The number of rotatable bonds is 6. The Morgan fingerprint density at radius 3 is 2.67 bits per heavy atom. The average Bonchev–Trinajstić information content (AvgIpc) is 2.57. The van der Waals surface area contributed by atoms with E-state index in [9.17, 15) is 0 Å². The van der Waals surface area contributed by atoms with Crippen molar-refractivity contribution in [3.05, 3.63) is 22.4 Å². The molecule has 0 fully saturated rings. The van der Waals surface area contributed by atoms with Gasteiger partial charge in [-0.3, -0.25) is 0 Å². The standard InChI is InChI=1S/C10H17NS/c11-8-4-2-1-3-6-10-7-5-9-12-10/h5,7,9H,1-4,6,8,11H2. The van der Waals surface area contributed by atoms with Crippen LogP contribution in [0.1, 0.15) is 30.6 Å². The normalized spacial score (nSPS) is 10.4. The van der Waals surface area contributed by atoms with Crippen LogP contribution in [0.3, 0.4) is 0 Å². The van der Waals surface area contributed by atoms with Gasteiger partial charge in [0, 0.05) is 4.88 Å². The monoisotopic (exact) mass is 183 g/mol. The number of aryl methyl sites for hydroxylation is 1. The highest BCUT2D eigenvalue weighted by molar-refractivity contribution is 7.09. The molecule has 1 aromatic rings. The summed E-state index contributed by atoms with van der Waals surface area (Å²) < 4.78 is 0. The molecule has 0 amide bonds. The number of hydrogen-bond donors (Lipinski definition) is 1. The third-order valence-electron chi connectivity index (χ3n) is 1.96. The Labute approximate surface area is 78.6 Å².